The van der Waals surface area contributed by atoms with E-state index in [1.165, 1.54) is 0 Å². The molecule has 0 saturated carbocycles. The number of hydrogen-bond donors (Lipinski definition) is 1. The number of esters is 1. The Morgan fingerprint density at radius 2 is 2.16 bits per heavy atom. The summed E-state index contributed by atoms with van der Waals surface area (Å²) in [5, 5.41) is 3.09. The standard InChI is InChI=1S/C15H23NO3/c1-4-7-14(15(17)18-5-2)19-13-9-6-8-12(10-13)11-16-3/h6,8-10,14,16H,4-5,7,11H2,1-3H3. The zero-order valence-corrected chi connectivity index (χ0v) is 11.9. The van der Waals surface area contributed by atoms with Gasteiger partial charge in [-0.25, -0.2) is 4.79 Å². The maximum Gasteiger partial charge on any atom is 0.347 e. The summed E-state index contributed by atoms with van der Waals surface area (Å²) >= 11 is 0. The van der Waals surface area contributed by atoms with Gasteiger partial charge in [0.2, 0.25) is 0 Å². The van der Waals surface area contributed by atoms with Crippen LogP contribution in [-0.2, 0) is 16.1 Å². The lowest BCUT2D eigenvalue weighted by Gasteiger charge is -2.17. The molecule has 0 fully saturated rings. The van der Waals surface area contributed by atoms with Gasteiger partial charge in [0.15, 0.2) is 6.10 Å². The van der Waals surface area contributed by atoms with Crippen molar-refractivity contribution in [2.24, 2.45) is 0 Å². The van der Waals surface area contributed by atoms with Gasteiger partial charge >= 0.3 is 5.97 Å². The molecule has 0 aliphatic carbocycles. The molecule has 0 heterocycles. The summed E-state index contributed by atoms with van der Waals surface area (Å²) < 4.78 is 10.8. The van der Waals surface area contributed by atoms with E-state index in [0.717, 1.165) is 18.5 Å². The topological polar surface area (TPSA) is 47.6 Å². The van der Waals surface area contributed by atoms with E-state index in [-0.39, 0.29) is 5.97 Å². The monoisotopic (exact) mass is 265 g/mol. The first kappa shape index (κ1) is 15.5. The van der Waals surface area contributed by atoms with Crippen LogP contribution in [0.3, 0.4) is 0 Å². The highest BCUT2D eigenvalue weighted by Gasteiger charge is 2.20. The molecule has 1 aromatic carbocycles. The van der Waals surface area contributed by atoms with Crippen molar-refractivity contribution in [1.29, 1.82) is 0 Å². The minimum absolute atomic E-state index is 0.289. The van der Waals surface area contributed by atoms with E-state index in [9.17, 15) is 4.79 Å². The molecule has 0 saturated heterocycles. The lowest BCUT2D eigenvalue weighted by Crippen LogP contribution is -2.29. The van der Waals surface area contributed by atoms with E-state index in [1.54, 1.807) is 6.92 Å². The fraction of sp³-hybridized carbons (Fsp3) is 0.533. The zero-order chi connectivity index (χ0) is 14.1. The molecule has 0 bridgehead atoms. The highest BCUT2D eigenvalue weighted by Crippen LogP contribution is 2.17. The Morgan fingerprint density at radius 3 is 2.79 bits per heavy atom. The van der Waals surface area contributed by atoms with Gasteiger partial charge in [0.1, 0.15) is 5.75 Å². The van der Waals surface area contributed by atoms with Crippen molar-refractivity contribution in [3.63, 3.8) is 0 Å². The Balaban J connectivity index is 2.72. The molecule has 0 aromatic heterocycles. The van der Waals surface area contributed by atoms with Crippen LogP contribution in [0.4, 0.5) is 0 Å². The van der Waals surface area contributed by atoms with E-state index in [2.05, 4.69) is 5.32 Å². The minimum Gasteiger partial charge on any atom is -0.479 e. The number of carbonyl (C=O) groups is 1. The van der Waals surface area contributed by atoms with Crippen LogP contribution in [0.5, 0.6) is 5.75 Å². The summed E-state index contributed by atoms with van der Waals surface area (Å²) in [5.74, 6) is 0.419. The molecule has 1 rings (SSSR count). The predicted octanol–water partition coefficient (Wildman–Crippen LogP) is 2.52. The van der Waals surface area contributed by atoms with Gasteiger partial charge < -0.3 is 14.8 Å². The molecular formula is C15H23NO3. The Labute approximate surface area is 115 Å². The Hall–Kier alpha value is -1.55. The molecule has 0 aliphatic rings. The summed E-state index contributed by atoms with van der Waals surface area (Å²) in [6.07, 6.45) is 1.02. The van der Waals surface area contributed by atoms with Crippen LogP contribution in [0.25, 0.3) is 0 Å². The van der Waals surface area contributed by atoms with Gasteiger partial charge in [0, 0.05) is 6.54 Å². The molecule has 19 heavy (non-hydrogen) atoms. The lowest BCUT2D eigenvalue weighted by atomic mass is 10.2. The predicted molar refractivity (Wildman–Crippen MR) is 75.2 cm³/mol. The number of ether oxygens (including phenoxy) is 2. The van der Waals surface area contributed by atoms with Crippen molar-refractivity contribution in [2.75, 3.05) is 13.7 Å². The van der Waals surface area contributed by atoms with Crippen LogP contribution < -0.4 is 10.1 Å². The summed E-state index contributed by atoms with van der Waals surface area (Å²) in [7, 11) is 1.89. The van der Waals surface area contributed by atoms with Crippen molar-refractivity contribution in [3.05, 3.63) is 29.8 Å². The van der Waals surface area contributed by atoms with E-state index >= 15 is 0 Å². The van der Waals surface area contributed by atoms with Gasteiger partial charge in [0.25, 0.3) is 0 Å². The average molecular weight is 265 g/mol. The highest BCUT2D eigenvalue weighted by atomic mass is 16.6. The van der Waals surface area contributed by atoms with Crippen LogP contribution >= 0.6 is 0 Å². The molecule has 4 heteroatoms. The minimum atomic E-state index is -0.519. The van der Waals surface area contributed by atoms with Crippen LogP contribution in [0, 0.1) is 0 Å². The maximum absolute atomic E-state index is 11.8. The zero-order valence-electron chi connectivity index (χ0n) is 11.9. The number of nitrogens with one attached hydrogen (secondary N) is 1. The Bertz CT molecular complexity index is 393. The first-order chi connectivity index (χ1) is 9.21. The van der Waals surface area contributed by atoms with E-state index in [4.69, 9.17) is 9.47 Å². The van der Waals surface area contributed by atoms with Gasteiger partial charge in [-0.2, -0.15) is 0 Å². The van der Waals surface area contributed by atoms with Crippen LogP contribution in [0.15, 0.2) is 24.3 Å². The second-order valence-electron chi connectivity index (χ2n) is 4.32. The van der Waals surface area contributed by atoms with Crippen molar-refractivity contribution < 1.29 is 14.3 Å². The first-order valence-corrected chi connectivity index (χ1v) is 6.78. The third-order valence-corrected chi connectivity index (χ3v) is 2.66. The van der Waals surface area contributed by atoms with E-state index < -0.39 is 6.10 Å². The fourth-order valence-electron chi connectivity index (χ4n) is 1.82. The van der Waals surface area contributed by atoms with Gasteiger partial charge in [-0.3, -0.25) is 0 Å². The molecule has 0 amide bonds. The summed E-state index contributed by atoms with van der Waals surface area (Å²) in [6, 6.07) is 7.75. The average Bonchev–Trinajstić information content (AvgIpc) is 2.39. The van der Waals surface area contributed by atoms with Gasteiger partial charge in [-0.15, -0.1) is 0 Å². The third kappa shape index (κ3) is 5.30. The largest absolute Gasteiger partial charge is 0.479 e. The molecule has 106 valence electrons. The lowest BCUT2D eigenvalue weighted by molar-refractivity contribution is -0.151. The van der Waals surface area contributed by atoms with E-state index in [0.29, 0.717) is 18.8 Å². The molecule has 0 radical (unpaired) electrons. The third-order valence-electron chi connectivity index (χ3n) is 2.66. The van der Waals surface area contributed by atoms with Crippen molar-refractivity contribution in [1.82, 2.24) is 5.32 Å². The number of rotatable bonds is 8. The normalized spacial score (nSPS) is 11.9. The number of carbonyl (C=O) groups excluding carboxylic acids is 1. The number of benzene rings is 1. The summed E-state index contributed by atoms with van der Waals surface area (Å²) in [6.45, 7) is 4.97. The second-order valence-corrected chi connectivity index (χ2v) is 4.32. The second kappa shape index (κ2) is 8.53. The molecule has 1 atom stereocenters. The molecular weight excluding hydrogens is 242 g/mol. The van der Waals surface area contributed by atoms with Gasteiger partial charge in [0.05, 0.1) is 6.61 Å². The molecule has 4 nitrogen and oxygen atoms in total. The van der Waals surface area contributed by atoms with Crippen LogP contribution in [-0.4, -0.2) is 25.7 Å². The first-order valence-electron chi connectivity index (χ1n) is 6.78. The molecule has 1 aromatic rings. The van der Waals surface area contributed by atoms with Gasteiger partial charge in [-0.05, 0) is 38.1 Å². The van der Waals surface area contributed by atoms with Gasteiger partial charge in [-0.1, -0.05) is 25.5 Å². The maximum atomic E-state index is 11.8. The SMILES string of the molecule is CCCC(Oc1cccc(CNC)c1)C(=O)OCC. The number of hydrogen-bond acceptors (Lipinski definition) is 4. The fourth-order valence-corrected chi connectivity index (χ4v) is 1.82. The van der Waals surface area contributed by atoms with Crippen molar-refractivity contribution in [3.8, 4) is 5.75 Å². The quantitative estimate of drug-likeness (QED) is 0.734. The van der Waals surface area contributed by atoms with Crippen LogP contribution in [0.2, 0.25) is 0 Å². The highest BCUT2D eigenvalue weighted by molar-refractivity contribution is 5.75. The molecule has 0 spiro atoms. The smallest absolute Gasteiger partial charge is 0.347 e. The summed E-state index contributed by atoms with van der Waals surface area (Å²) in [4.78, 5) is 11.8. The Morgan fingerprint density at radius 1 is 1.37 bits per heavy atom. The van der Waals surface area contributed by atoms with Crippen LogP contribution in [0.1, 0.15) is 32.3 Å². The van der Waals surface area contributed by atoms with Crippen molar-refractivity contribution >= 4 is 5.97 Å². The summed E-state index contributed by atoms with van der Waals surface area (Å²) in [5.41, 5.74) is 1.12. The Kier molecular flexibility index (Phi) is 6.97. The van der Waals surface area contributed by atoms with E-state index in [1.807, 2.05) is 38.2 Å². The van der Waals surface area contributed by atoms with Crippen molar-refractivity contribution in [2.45, 2.75) is 39.3 Å². The molecule has 1 N–H and O–H groups in total. The molecule has 1 unspecified atom stereocenters. The molecule has 0 aliphatic heterocycles.